The Bertz CT molecular complexity index is 1210. The molecule has 0 bridgehead atoms. The van der Waals surface area contributed by atoms with E-state index in [1.165, 1.54) is 12.1 Å². The highest BCUT2D eigenvalue weighted by Gasteiger charge is 2.28. The average Bonchev–Trinajstić information content (AvgIpc) is 3.48. The molecule has 1 aromatic carbocycles. The van der Waals surface area contributed by atoms with E-state index in [2.05, 4.69) is 10.00 Å². The number of aromatic nitrogens is 2. The van der Waals surface area contributed by atoms with Gasteiger partial charge in [-0.05, 0) is 26.0 Å². The van der Waals surface area contributed by atoms with Gasteiger partial charge in [-0.1, -0.05) is 0 Å². The van der Waals surface area contributed by atoms with Crippen molar-refractivity contribution in [1.82, 2.24) is 19.6 Å². The van der Waals surface area contributed by atoms with Crippen molar-refractivity contribution >= 4 is 5.91 Å². The number of carbonyl (C=O) groups excluding carboxylic acids is 1. The number of rotatable bonds is 7. The van der Waals surface area contributed by atoms with E-state index < -0.39 is 41.4 Å². The quantitative estimate of drug-likeness (QED) is 0.280. The maximum atomic E-state index is 13.7. The second-order valence-electron chi connectivity index (χ2n) is 8.12. The number of halogens is 5. The fraction of sp³-hybridized carbons (Fsp3) is 0.391. The Morgan fingerprint density at radius 3 is 2.23 bits per heavy atom. The lowest BCUT2D eigenvalue weighted by Crippen LogP contribution is -2.48. The van der Waals surface area contributed by atoms with Gasteiger partial charge in [-0.25, -0.2) is 13.2 Å². The van der Waals surface area contributed by atoms with Crippen LogP contribution in [0.4, 0.5) is 22.0 Å². The van der Waals surface area contributed by atoms with E-state index in [-0.39, 0.29) is 17.4 Å². The number of carbonyl (C=O) groups is 1. The predicted octanol–water partition coefficient (Wildman–Crippen LogP) is 4.04. The molecule has 2 aromatic heterocycles. The topological polar surface area (TPSA) is 63.7 Å². The minimum Gasteiger partial charge on any atom is -0.479 e. The van der Waals surface area contributed by atoms with Crippen LogP contribution in [0.25, 0.3) is 0 Å². The first kappa shape index (κ1) is 24.7. The van der Waals surface area contributed by atoms with Crippen molar-refractivity contribution in [2.45, 2.75) is 33.5 Å². The first-order valence-electron chi connectivity index (χ1n) is 11.0. The number of ether oxygens (including phenoxy) is 1. The summed E-state index contributed by atoms with van der Waals surface area (Å²) < 4.78 is 79.3. The second kappa shape index (κ2) is 10.1. The molecule has 0 unspecified atom stereocenters. The van der Waals surface area contributed by atoms with Gasteiger partial charge in [0.2, 0.25) is 29.1 Å². The zero-order valence-corrected chi connectivity index (χ0v) is 19.1. The molecule has 188 valence electrons. The molecule has 0 spiro atoms. The van der Waals surface area contributed by atoms with Crippen LogP contribution >= 0.6 is 0 Å². The molecule has 4 rings (SSSR count). The van der Waals surface area contributed by atoms with Crippen molar-refractivity contribution in [3.05, 3.63) is 70.2 Å². The van der Waals surface area contributed by atoms with E-state index in [1.54, 1.807) is 4.90 Å². The number of amides is 1. The summed E-state index contributed by atoms with van der Waals surface area (Å²) in [5.74, 6) is -12.5. The van der Waals surface area contributed by atoms with Crippen molar-refractivity contribution in [2.75, 3.05) is 26.2 Å². The smallest absolute Gasteiger partial charge is 0.289 e. The highest BCUT2D eigenvalue weighted by Crippen LogP contribution is 2.30. The monoisotopic (exact) mass is 498 g/mol. The summed E-state index contributed by atoms with van der Waals surface area (Å²) >= 11 is 0. The maximum Gasteiger partial charge on any atom is 0.289 e. The van der Waals surface area contributed by atoms with Crippen molar-refractivity contribution < 1.29 is 35.9 Å². The van der Waals surface area contributed by atoms with E-state index >= 15 is 0 Å². The van der Waals surface area contributed by atoms with Gasteiger partial charge in [0.25, 0.3) is 5.91 Å². The van der Waals surface area contributed by atoms with Gasteiger partial charge in [-0.15, -0.1) is 0 Å². The fourth-order valence-electron chi connectivity index (χ4n) is 3.81. The minimum absolute atomic E-state index is 0.0145. The molecule has 1 fully saturated rings. The molecule has 0 radical (unpaired) electrons. The number of hydrogen-bond donors (Lipinski definition) is 0. The van der Waals surface area contributed by atoms with E-state index in [4.69, 9.17) is 9.15 Å². The summed E-state index contributed by atoms with van der Waals surface area (Å²) in [7, 11) is 0. The first-order valence-corrected chi connectivity index (χ1v) is 11.0. The SMILES string of the molecule is CCn1cc(CN2CCN(C(=O)c3ccc(COc4c(F)c(F)c(F)c(F)c4F)o3)CC2)c(C)n1. The highest BCUT2D eigenvalue weighted by atomic mass is 19.2. The molecule has 1 aliphatic heterocycles. The fourth-order valence-corrected chi connectivity index (χ4v) is 3.81. The molecule has 1 amide bonds. The summed E-state index contributed by atoms with van der Waals surface area (Å²) in [6, 6.07) is 2.71. The number of furan rings is 1. The van der Waals surface area contributed by atoms with Crippen LogP contribution in [0.15, 0.2) is 22.7 Å². The normalized spacial score (nSPS) is 14.5. The van der Waals surface area contributed by atoms with Gasteiger partial charge in [0.15, 0.2) is 11.5 Å². The van der Waals surface area contributed by atoms with Crippen LogP contribution in [0.1, 0.15) is 34.5 Å². The van der Waals surface area contributed by atoms with Gasteiger partial charge in [-0.3, -0.25) is 14.4 Å². The predicted molar refractivity (Wildman–Crippen MR) is 113 cm³/mol. The number of hydrogen-bond acceptors (Lipinski definition) is 5. The van der Waals surface area contributed by atoms with Gasteiger partial charge in [0, 0.05) is 51.0 Å². The number of piperazine rings is 1. The molecule has 1 aliphatic rings. The summed E-state index contributed by atoms with van der Waals surface area (Å²) in [6.45, 7) is 7.11. The van der Waals surface area contributed by atoms with Crippen LogP contribution in [0.3, 0.4) is 0 Å². The standard InChI is InChI=1S/C23H23F5N4O3/c1-3-32-11-14(13(2)29-32)10-30-6-8-31(9-7-30)23(33)16-5-4-15(35-16)12-34-22-20(27)18(25)17(24)19(26)21(22)28/h4-5,11H,3,6-10,12H2,1-2H3. The molecule has 0 atom stereocenters. The van der Waals surface area contributed by atoms with Crippen LogP contribution in [0, 0.1) is 36.0 Å². The van der Waals surface area contributed by atoms with Gasteiger partial charge in [-0.2, -0.15) is 13.9 Å². The third kappa shape index (κ3) is 5.02. The molecule has 0 saturated carbocycles. The molecule has 3 heterocycles. The van der Waals surface area contributed by atoms with Crippen LogP contribution in [0.5, 0.6) is 5.75 Å². The summed E-state index contributed by atoms with van der Waals surface area (Å²) in [4.78, 5) is 16.6. The molecule has 35 heavy (non-hydrogen) atoms. The van der Waals surface area contributed by atoms with Crippen molar-refractivity contribution in [2.24, 2.45) is 0 Å². The van der Waals surface area contributed by atoms with Crippen LogP contribution in [-0.4, -0.2) is 51.7 Å². The lowest BCUT2D eigenvalue weighted by Gasteiger charge is -2.34. The largest absolute Gasteiger partial charge is 0.479 e. The van der Waals surface area contributed by atoms with Crippen molar-refractivity contribution in [1.29, 1.82) is 0 Å². The maximum absolute atomic E-state index is 13.7. The number of benzene rings is 1. The van der Waals surface area contributed by atoms with Gasteiger partial charge >= 0.3 is 0 Å². The Labute approximate surface area is 197 Å². The molecule has 7 nitrogen and oxygen atoms in total. The molecule has 12 heteroatoms. The molecule has 0 N–H and O–H groups in total. The third-order valence-electron chi connectivity index (χ3n) is 5.83. The first-order chi connectivity index (χ1) is 16.7. The van der Waals surface area contributed by atoms with Crippen molar-refractivity contribution in [3.63, 3.8) is 0 Å². The minimum atomic E-state index is -2.27. The van der Waals surface area contributed by atoms with Crippen LogP contribution in [-0.2, 0) is 19.7 Å². The molecule has 3 aromatic rings. The zero-order chi connectivity index (χ0) is 25.3. The molecular formula is C23H23F5N4O3. The summed E-state index contributed by atoms with van der Waals surface area (Å²) in [6.07, 6.45) is 2.02. The number of nitrogens with zero attached hydrogens (tertiary/aromatic N) is 4. The molecule has 0 aliphatic carbocycles. The summed E-state index contributed by atoms with van der Waals surface area (Å²) in [5.41, 5.74) is 2.11. The second-order valence-corrected chi connectivity index (χ2v) is 8.12. The van der Waals surface area contributed by atoms with Crippen molar-refractivity contribution in [3.8, 4) is 5.75 Å². The lowest BCUT2D eigenvalue weighted by molar-refractivity contribution is 0.0593. The Morgan fingerprint density at radius 1 is 1.00 bits per heavy atom. The Hall–Kier alpha value is -3.41. The Balaban J connectivity index is 1.33. The lowest BCUT2D eigenvalue weighted by atomic mass is 10.2. The Morgan fingerprint density at radius 2 is 1.63 bits per heavy atom. The summed E-state index contributed by atoms with van der Waals surface area (Å²) in [5, 5.41) is 4.44. The van der Waals surface area contributed by atoms with Gasteiger partial charge < -0.3 is 14.1 Å². The van der Waals surface area contributed by atoms with Gasteiger partial charge in [0.1, 0.15) is 12.4 Å². The zero-order valence-electron chi connectivity index (χ0n) is 19.1. The van der Waals surface area contributed by atoms with Crippen LogP contribution < -0.4 is 4.74 Å². The van der Waals surface area contributed by atoms with E-state index in [0.29, 0.717) is 26.2 Å². The highest BCUT2D eigenvalue weighted by molar-refractivity contribution is 5.91. The van der Waals surface area contributed by atoms with E-state index in [0.717, 1.165) is 24.3 Å². The number of aryl methyl sites for hydroxylation is 2. The van der Waals surface area contributed by atoms with E-state index in [1.807, 2.05) is 24.7 Å². The molecular weight excluding hydrogens is 475 g/mol. The van der Waals surface area contributed by atoms with Gasteiger partial charge in [0.05, 0.1) is 5.69 Å². The third-order valence-corrected chi connectivity index (χ3v) is 5.83. The van der Waals surface area contributed by atoms with E-state index in [9.17, 15) is 26.7 Å². The Kier molecular flexibility index (Phi) is 7.10. The molecule has 1 saturated heterocycles. The van der Waals surface area contributed by atoms with Crippen LogP contribution in [0.2, 0.25) is 0 Å². The average molecular weight is 498 g/mol.